The molecule has 2 heterocycles. The second-order valence-corrected chi connectivity index (χ2v) is 5.61. The van der Waals surface area contributed by atoms with Crippen molar-refractivity contribution >= 4 is 17.6 Å². The van der Waals surface area contributed by atoms with E-state index in [-0.39, 0.29) is 6.10 Å². The van der Waals surface area contributed by atoms with Crippen molar-refractivity contribution in [3.8, 4) is 0 Å². The Balaban J connectivity index is 1.52. The standard InChI is InChI=1S/C14H17N5OS/c1-2-12-16-14(18-17-12)21-9-11-8-15-13(19-20-11)10-6-4-3-5-7-10/h3-7,11H,2,8-9H2,1H3,(H,15,19)(H,16,17,18). The number of H-pyrrole nitrogens is 1. The van der Waals surface area contributed by atoms with E-state index in [0.29, 0.717) is 6.54 Å². The van der Waals surface area contributed by atoms with Gasteiger partial charge in [0.2, 0.25) is 5.16 Å². The molecule has 21 heavy (non-hydrogen) atoms. The normalized spacial score (nSPS) is 18.1. The molecule has 1 aliphatic rings. The topological polar surface area (TPSA) is 75.2 Å². The van der Waals surface area contributed by atoms with E-state index in [1.54, 1.807) is 11.8 Å². The highest BCUT2D eigenvalue weighted by atomic mass is 32.2. The summed E-state index contributed by atoms with van der Waals surface area (Å²) in [5.74, 6) is 2.45. The van der Waals surface area contributed by atoms with Gasteiger partial charge in [-0.1, -0.05) is 49.0 Å². The number of aromatic amines is 1. The first kappa shape index (κ1) is 14.1. The van der Waals surface area contributed by atoms with Crippen molar-refractivity contribution < 1.29 is 4.84 Å². The van der Waals surface area contributed by atoms with Crippen LogP contribution in [0.15, 0.2) is 40.5 Å². The van der Waals surface area contributed by atoms with Gasteiger partial charge in [0.25, 0.3) is 0 Å². The summed E-state index contributed by atoms with van der Waals surface area (Å²) >= 11 is 1.57. The third-order valence-corrected chi connectivity index (χ3v) is 4.05. The van der Waals surface area contributed by atoms with E-state index in [9.17, 15) is 0 Å². The van der Waals surface area contributed by atoms with Crippen LogP contribution in [-0.4, -0.2) is 39.4 Å². The number of nitrogens with zero attached hydrogens (tertiary/aromatic N) is 3. The molecule has 2 N–H and O–H groups in total. The first-order chi connectivity index (χ1) is 10.3. The lowest BCUT2D eigenvalue weighted by Gasteiger charge is -2.22. The maximum absolute atomic E-state index is 5.63. The summed E-state index contributed by atoms with van der Waals surface area (Å²) < 4.78 is 0. The lowest BCUT2D eigenvalue weighted by atomic mass is 10.2. The van der Waals surface area contributed by atoms with Gasteiger partial charge in [0.1, 0.15) is 11.9 Å². The molecule has 3 rings (SSSR count). The fourth-order valence-corrected chi connectivity index (χ4v) is 2.70. The van der Waals surface area contributed by atoms with Gasteiger partial charge in [-0.05, 0) is 0 Å². The fraction of sp³-hybridized carbons (Fsp3) is 0.357. The second kappa shape index (κ2) is 6.73. The molecule has 1 unspecified atom stereocenters. The lowest BCUT2D eigenvalue weighted by molar-refractivity contribution is 0.0212. The van der Waals surface area contributed by atoms with E-state index >= 15 is 0 Å². The number of aromatic nitrogens is 3. The Kier molecular flexibility index (Phi) is 4.52. The van der Waals surface area contributed by atoms with Gasteiger partial charge in [0.05, 0.1) is 6.54 Å². The number of aliphatic imine (C=N–C) groups is 1. The van der Waals surface area contributed by atoms with Crippen LogP contribution in [0.25, 0.3) is 0 Å². The molecule has 2 aromatic rings. The zero-order chi connectivity index (χ0) is 14.5. The zero-order valence-electron chi connectivity index (χ0n) is 11.7. The number of benzene rings is 1. The minimum absolute atomic E-state index is 0.0195. The lowest BCUT2D eigenvalue weighted by Crippen LogP contribution is -2.38. The molecule has 0 amide bonds. The molecule has 7 heteroatoms. The van der Waals surface area contributed by atoms with E-state index in [1.165, 1.54) is 0 Å². The number of thioether (sulfide) groups is 1. The average molecular weight is 303 g/mol. The molecule has 0 radical (unpaired) electrons. The SMILES string of the molecule is CCc1nc(SCC2CN=C(c3ccccc3)NO2)n[nH]1. The van der Waals surface area contributed by atoms with Gasteiger partial charge >= 0.3 is 0 Å². The van der Waals surface area contributed by atoms with Crippen LogP contribution >= 0.6 is 11.8 Å². The number of aryl methyl sites for hydroxylation is 1. The van der Waals surface area contributed by atoms with Gasteiger partial charge in [-0.2, -0.15) is 0 Å². The Morgan fingerprint density at radius 1 is 1.33 bits per heavy atom. The number of hydrogen-bond donors (Lipinski definition) is 2. The number of amidine groups is 1. The summed E-state index contributed by atoms with van der Waals surface area (Å²) in [6.07, 6.45) is 0.880. The van der Waals surface area contributed by atoms with E-state index in [4.69, 9.17) is 4.84 Å². The van der Waals surface area contributed by atoms with Gasteiger partial charge in [-0.15, -0.1) is 5.10 Å². The second-order valence-electron chi connectivity index (χ2n) is 4.63. The Morgan fingerprint density at radius 3 is 2.86 bits per heavy atom. The summed E-state index contributed by atoms with van der Waals surface area (Å²) in [4.78, 5) is 14.5. The van der Waals surface area contributed by atoms with Crippen LogP contribution in [0.5, 0.6) is 0 Å². The molecule has 0 aliphatic carbocycles. The van der Waals surface area contributed by atoms with Crippen LogP contribution < -0.4 is 5.48 Å². The number of hydrogen-bond acceptors (Lipinski definition) is 6. The van der Waals surface area contributed by atoms with Crippen LogP contribution in [0, 0.1) is 0 Å². The summed E-state index contributed by atoms with van der Waals surface area (Å²) in [5.41, 5.74) is 3.96. The van der Waals surface area contributed by atoms with Gasteiger partial charge in [-0.25, -0.2) is 10.5 Å². The molecular formula is C14H17N5OS. The van der Waals surface area contributed by atoms with Crippen LogP contribution in [0.4, 0.5) is 0 Å². The first-order valence-corrected chi connectivity index (χ1v) is 7.89. The monoisotopic (exact) mass is 303 g/mol. The molecule has 1 aliphatic heterocycles. The minimum atomic E-state index is 0.0195. The molecule has 1 aromatic carbocycles. The predicted molar refractivity (Wildman–Crippen MR) is 82.3 cm³/mol. The van der Waals surface area contributed by atoms with Gasteiger partial charge in [0, 0.05) is 17.7 Å². The predicted octanol–water partition coefficient (Wildman–Crippen LogP) is 1.81. The molecule has 6 nitrogen and oxygen atoms in total. The summed E-state index contributed by atoms with van der Waals surface area (Å²) in [5, 5.41) is 7.81. The maximum Gasteiger partial charge on any atom is 0.208 e. The summed E-state index contributed by atoms with van der Waals surface area (Å²) in [6.45, 7) is 2.68. The van der Waals surface area contributed by atoms with Crippen molar-refractivity contribution in [1.82, 2.24) is 20.7 Å². The highest BCUT2D eigenvalue weighted by Crippen LogP contribution is 2.16. The van der Waals surface area contributed by atoms with Gasteiger partial charge in [0.15, 0.2) is 5.84 Å². The number of rotatable bonds is 5. The van der Waals surface area contributed by atoms with E-state index in [2.05, 4.69) is 25.7 Å². The van der Waals surface area contributed by atoms with Crippen molar-refractivity contribution in [2.45, 2.75) is 24.6 Å². The Hall–Kier alpha value is -1.86. The molecule has 0 bridgehead atoms. The summed E-state index contributed by atoms with van der Waals surface area (Å²) in [7, 11) is 0. The van der Waals surface area contributed by atoms with Crippen LogP contribution in [0.1, 0.15) is 18.3 Å². The summed E-state index contributed by atoms with van der Waals surface area (Å²) in [6, 6.07) is 9.95. The van der Waals surface area contributed by atoms with Crippen molar-refractivity contribution in [3.63, 3.8) is 0 Å². The smallest absolute Gasteiger partial charge is 0.208 e. The molecule has 0 spiro atoms. The Bertz CT molecular complexity index is 613. The van der Waals surface area contributed by atoms with E-state index in [1.807, 2.05) is 37.3 Å². The maximum atomic E-state index is 5.63. The Labute approximate surface area is 127 Å². The Morgan fingerprint density at radius 2 is 2.19 bits per heavy atom. The third-order valence-electron chi connectivity index (χ3n) is 3.07. The van der Waals surface area contributed by atoms with Crippen LogP contribution in [-0.2, 0) is 11.3 Å². The average Bonchev–Trinajstić information content (AvgIpc) is 3.02. The number of hydroxylamine groups is 1. The first-order valence-electron chi connectivity index (χ1n) is 6.90. The molecule has 0 saturated carbocycles. The van der Waals surface area contributed by atoms with Gasteiger partial charge in [-0.3, -0.25) is 14.9 Å². The highest BCUT2D eigenvalue weighted by molar-refractivity contribution is 7.99. The van der Waals surface area contributed by atoms with Crippen LogP contribution in [0.3, 0.4) is 0 Å². The highest BCUT2D eigenvalue weighted by Gasteiger charge is 2.18. The quantitative estimate of drug-likeness (QED) is 0.824. The molecule has 0 fully saturated rings. The molecular weight excluding hydrogens is 286 g/mol. The third kappa shape index (κ3) is 3.62. The zero-order valence-corrected chi connectivity index (χ0v) is 12.6. The van der Waals surface area contributed by atoms with Crippen LogP contribution in [0.2, 0.25) is 0 Å². The molecule has 1 atom stereocenters. The fourth-order valence-electron chi connectivity index (χ4n) is 1.90. The van der Waals surface area contributed by atoms with Crippen molar-refractivity contribution in [1.29, 1.82) is 0 Å². The minimum Gasteiger partial charge on any atom is -0.269 e. The van der Waals surface area contributed by atoms with E-state index < -0.39 is 0 Å². The van der Waals surface area contributed by atoms with Crippen molar-refractivity contribution in [2.24, 2.45) is 4.99 Å². The van der Waals surface area contributed by atoms with Crippen molar-refractivity contribution in [3.05, 3.63) is 41.7 Å². The van der Waals surface area contributed by atoms with Gasteiger partial charge < -0.3 is 0 Å². The molecule has 110 valence electrons. The number of nitrogens with one attached hydrogen (secondary N) is 2. The largest absolute Gasteiger partial charge is 0.269 e. The molecule has 1 aromatic heterocycles. The van der Waals surface area contributed by atoms with Crippen molar-refractivity contribution in [2.75, 3.05) is 12.3 Å². The van der Waals surface area contributed by atoms with E-state index in [0.717, 1.165) is 34.6 Å². The molecule has 0 saturated heterocycles.